The number of methoxy groups -OCH3 is 2. The van der Waals surface area contributed by atoms with Crippen LogP contribution in [0, 0.1) is 0 Å². The summed E-state index contributed by atoms with van der Waals surface area (Å²) < 4.78 is 38.5. The minimum absolute atomic E-state index is 0.0911. The number of para-hydroxylation sites is 1. The predicted octanol–water partition coefficient (Wildman–Crippen LogP) is 3.78. The first kappa shape index (κ1) is 23.1. The van der Waals surface area contributed by atoms with Crippen LogP contribution in [0.15, 0.2) is 83.8 Å². The monoisotopic (exact) mass is 454 g/mol. The number of sulfonamides is 1. The second-order valence-electron chi connectivity index (χ2n) is 7.06. The average molecular weight is 455 g/mol. The lowest BCUT2D eigenvalue weighted by molar-refractivity contribution is -0.120. The Bertz CT molecular complexity index is 1170. The van der Waals surface area contributed by atoms with Gasteiger partial charge in [0.2, 0.25) is 5.91 Å². The third kappa shape index (κ3) is 5.20. The van der Waals surface area contributed by atoms with E-state index in [2.05, 4.69) is 5.32 Å². The first-order valence-corrected chi connectivity index (χ1v) is 11.4. The SMILES string of the molecule is COc1cccc(N(CC(=O)N[C@H](C)c2ccccc2OC)S(=O)(=O)c2ccccc2)c1. The maximum atomic E-state index is 13.4. The lowest BCUT2D eigenvalue weighted by Crippen LogP contribution is -2.41. The smallest absolute Gasteiger partial charge is 0.264 e. The van der Waals surface area contributed by atoms with Crippen LogP contribution < -0.4 is 19.1 Å². The van der Waals surface area contributed by atoms with Crippen LogP contribution in [0.1, 0.15) is 18.5 Å². The number of benzene rings is 3. The van der Waals surface area contributed by atoms with E-state index in [-0.39, 0.29) is 10.9 Å². The number of anilines is 1. The Morgan fingerprint density at radius 1 is 0.938 bits per heavy atom. The second-order valence-corrected chi connectivity index (χ2v) is 8.92. The van der Waals surface area contributed by atoms with Crippen molar-refractivity contribution >= 4 is 21.6 Å². The summed E-state index contributed by atoms with van der Waals surface area (Å²) in [5.74, 6) is 0.672. The normalized spacial score (nSPS) is 12.0. The molecule has 0 saturated heterocycles. The Labute approximate surface area is 188 Å². The number of ether oxygens (including phenoxy) is 2. The quantitative estimate of drug-likeness (QED) is 0.532. The lowest BCUT2D eigenvalue weighted by Gasteiger charge is -2.25. The molecule has 0 aliphatic carbocycles. The molecule has 3 aromatic rings. The van der Waals surface area contributed by atoms with Gasteiger partial charge in [0.25, 0.3) is 10.0 Å². The topological polar surface area (TPSA) is 84.9 Å². The van der Waals surface area contributed by atoms with Gasteiger partial charge in [-0.25, -0.2) is 8.42 Å². The summed E-state index contributed by atoms with van der Waals surface area (Å²) in [7, 11) is -0.939. The third-order valence-corrected chi connectivity index (χ3v) is 6.73. The molecule has 3 aromatic carbocycles. The van der Waals surface area contributed by atoms with Crippen LogP contribution in [0.2, 0.25) is 0 Å². The van der Waals surface area contributed by atoms with E-state index in [9.17, 15) is 13.2 Å². The molecule has 32 heavy (non-hydrogen) atoms. The van der Waals surface area contributed by atoms with Crippen LogP contribution >= 0.6 is 0 Å². The fourth-order valence-electron chi connectivity index (χ4n) is 3.32. The highest BCUT2D eigenvalue weighted by molar-refractivity contribution is 7.92. The van der Waals surface area contributed by atoms with Crippen molar-refractivity contribution in [1.82, 2.24) is 5.32 Å². The van der Waals surface area contributed by atoms with Gasteiger partial charge < -0.3 is 14.8 Å². The molecule has 1 atom stereocenters. The Morgan fingerprint density at radius 3 is 2.31 bits per heavy atom. The van der Waals surface area contributed by atoms with Gasteiger partial charge in [-0.05, 0) is 37.3 Å². The summed E-state index contributed by atoms with van der Waals surface area (Å²) in [5, 5.41) is 2.87. The van der Waals surface area contributed by atoms with Crippen LogP contribution in [-0.4, -0.2) is 35.1 Å². The van der Waals surface area contributed by atoms with Crippen LogP contribution in [0.4, 0.5) is 5.69 Å². The molecule has 8 heteroatoms. The van der Waals surface area contributed by atoms with Gasteiger partial charge in [0.1, 0.15) is 18.0 Å². The van der Waals surface area contributed by atoms with E-state index in [0.29, 0.717) is 17.2 Å². The number of nitrogens with one attached hydrogen (secondary N) is 1. The molecule has 0 aliphatic heterocycles. The van der Waals surface area contributed by atoms with Crippen LogP contribution in [0.5, 0.6) is 11.5 Å². The number of rotatable bonds is 9. The van der Waals surface area contributed by atoms with E-state index in [1.165, 1.54) is 19.2 Å². The highest BCUT2D eigenvalue weighted by atomic mass is 32.2. The largest absolute Gasteiger partial charge is 0.497 e. The minimum Gasteiger partial charge on any atom is -0.497 e. The summed E-state index contributed by atoms with van der Waals surface area (Å²) in [6.07, 6.45) is 0. The first-order chi connectivity index (χ1) is 15.4. The Balaban J connectivity index is 1.91. The molecule has 0 radical (unpaired) electrons. The summed E-state index contributed by atoms with van der Waals surface area (Å²) in [5.41, 5.74) is 1.12. The Morgan fingerprint density at radius 2 is 1.62 bits per heavy atom. The van der Waals surface area contributed by atoms with E-state index in [0.717, 1.165) is 9.87 Å². The maximum Gasteiger partial charge on any atom is 0.264 e. The number of carbonyl (C=O) groups is 1. The highest BCUT2D eigenvalue weighted by Crippen LogP contribution is 2.28. The van der Waals surface area contributed by atoms with E-state index in [4.69, 9.17) is 9.47 Å². The van der Waals surface area contributed by atoms with E-state index >= 15 is 0 Å². The molecule has 0 fully saturated rings. The zero-order valence-corrected chi connectivity index (χ0v) is 19.0. The van der Waals surface area contributed by atoms with Gasteiger partial charge in [-0.1, -0.05) is 42.5 Å². The molecule has 0 saturated carbocycles. The number of nitrogens with zero attached hydrogens (tertiary/aromatic N) is 1. The molecule has 0 spiro atoms. The molecular weight excluding hydrogens is 428 g/mol. The minimum atomic E-state index is -4.00. The molecule has 0 heterocycles. The van der Waals surface area contributed by atoms with Crippen molar-refractivity contribution in [2.75, 3.05) is 25.1 Å². The number of hydrogen-bond acceptors (Lipinski definition) is 5. The van der Waals surface area contributed by atoms with Crippen molar-refractivity contribution in [3.05, 3.63) is 84.4 Å². The fraction of sp³-hybridized carbons (Fsp3) is 0.208. The first-order valence-electron chi connectivity index (χ1n) is 10.0. The van der Waals surface area contributed by atoms with Crippen molar-refractivity contribution in [1.29, 1.82) is 0 Å². The standard InChI is InChI=1S/C24H26N2O5S/c1-18(22-14-7-8-15-23(22)31-3)25-24(27)17-26(19-10-9-11-20(16-19)30-2)32(28,29)21-12-5-4-6-13-21/h4-16,18H,17H2,1-3H3,(H,25,27)/t18-/m1/s1. The maximum absolute atomic E-state index is 13.4. The van der Waals surface area contributed by atoms with Gasteiger partial charge in [0.05, 0.1) is 30.8 Å². The van der Waals surface area contributed by atoms with Gasteiger partial charge in [-0.15, -0.1) is 0 Å². The molecule has 0 aliphatic rings. The van der Waals surface area contributed by atoms with Gasteiger partial charge in [-0.3, -0.25) is 9.10 Å². The number of amides is 1. The van der Waals surface area contributed by atoms with Crippen molar-refractivity contribution < 1.29 is 22.7 Å². The molecule has 1 amide bonds. The van der Waals surface area contributed by atoms with Crippen LogP contribution in [-0.2, 0) is 14.8 Å². The number of carbonyl (C=O) groups excluding carboxylic acids is 1. The predicted molar refractivity (Wildman–Crippen MR) is 124 cm³/mol. The van der Waals surface area contributed by atoms with Crippen molar-refractivity contribution in [2.45, 2.75) is 17.9 Å². The summed E-state index contributed by atoms with van der Waals surface area (Å²) >= 11 is 0. The van der Waals surface area contributed by atoms with Gasteiger partial charge >= 0.3 is 0 Å². The van der Waals surface area contributed by atoms with E-state index in [1.54, 1.807) is 55.6 Å². The molecule has 7 nitrogen and oxygen atoms in total. The van der Waals surface area contributed by atoms with Gasteiger partial charge in [-0.2, -0.15) is 0 Å². The lowest BCUT2D eigenvalue weighted by atomic mass is 10.1. The summed E-state index contributed by atoms with van der Waals surface area (Å²) in [4.78, 5) is 13.0. The molecule has 1 N–H and O–H groups in total. The van der Waals surface area contributed by atoms with Crippen molar-refractivity contribution in [3.63, 3.8) is 0 Å². The van der Waals surface area contributed by atoms with Crippen molar-refractivity contribution in [3.8, 4) is 11.5 Å². The zero-order chi connectivity index (χ0) is 23.1. The third-order valence-electron chi connectivity index (χ3n) is 4.94. The zero-order valence-electron chi connectivity index (χ0n) is 18.2. The summed E-state index contributed by atoms with van der Waals surface area (Å²) in [6.45, 7) is 1.42. The Hall–Kier alpha value is -3.52. The second kappa shape index (κ2) is 10.2. The molecule has 0 bridgehead atoms. The van der Waals surface area contributed by atoms with Crippen LogP contribution in [0.3, 0.4) is 0 Å². The highest BCUT2D eigenvalue weighted by Gasteiger charge is 2.28. The number of hydrogen-bond donors (Lipinski definition) is 1. The molecule has 168 valence electrons. The fourth-order valence-corrected chi connectivity index (χ4v) is 4.75. The Kier molecular flexibility index (Phi) is 7.37. The summed E-state index contributed by atoms with van der Waals surface area (Å²) in [6, 6.07) is 21.6. The van der Waals surface area contributed by atoms with Crippen molar-refractivity contribution in [2.24, 2.45) is 0 Å². The molecular formula is C24H26N2O5S. The van der Waals surface area contributed by atoms with Crippen LogP contribution in [0.25, 0.3) is 0 Å². The van der Waals surface area contributed by atoms with Gasteiger partial charge in [0, 0.05) is 11.6 Å². The van der Waals surface area contributed by atoms with E-state index < -0.39 is 22.5 Å². The van der Waals surface area contributed by atoms with Gasteiger partial charge in [0.15, 0.2) is 0 Å². The molecule has 3 rings (SSSR count). The molecule has 0 unspecified atom stereocenters. The molecule has 0 aromatic heterocycles. The van der Waals surface area contributed by atoms with E-state index in [1.807, 2.05) is 25.1 Å². The average Bonchev–Trinajstić information content (AvgIpc) is 2.82.